The maximum atomic E-state index is 13.1. The highest BCUT2D eigenvalue weighted by atomic mass is 35.5. The monoisotopic (exact) mass is 438 g/mol. The molecule has 2 aromatic carbocycles. The van der Waals surface area contributed by atoms with Crippen LogP contribution in [-0.2, 0) is 14.9 Å². The van der Waals surface area contributed by atoms with Gasteiger partial charge in [-0.25, -0.2) is 0 Å². The van der Waals surface area contributed by atoms with Crippen molar-refractivity contribution in [3.8, 4) is 6.07 Å². The molecule has 0 aromatic heterocycles. The summed E-state index contributed by atoms with van der Waals surface area (Å²) in [4.78, 5) is 15.5. The molecule has 2 fully saturated rings. The van der Waals surface area contributed by atoms with Crippen LogP contribution in [0.1, 0.15) is 61.1 Å². The summed E-state index contributed by atoms with van der Waals surface area (Å²) in [5.74, 6) is 0.548. The van der Waals surface area contributed by atoms with Crippen LogP contribution in [0.4, 0.5) is 0 Å². The second-order valence-electron chi connectivity index (χ2n) is 8.64. The second kappa shape index (κ2) is 10.8. The van der Waals surface area contributed by atoms with E-state index in [1.807, 2.05) is 12.1 Å². The topological polar surface area (TPSA) is 53.3 Å². The highest BCUT2D eigenvalue weighted by molar-refractivity contribution is 5.85. The summed E-state index contributed by atoms with van der Waals surface area (Å²) in [7, 11) is 0. The Bertz CT molecular complexity index is 878. The molecule has 0 unspecified atom stereocenters. The Morgan fingerprint density at radius 1 is 1.03 bits per heavy atom. The summed E-state index contributed by atoms with van der Waals surface area (Å²) in [5.41, 5.74) is 2.52. The van der Waals surface area contributed by atoms with Crippen molar-refractivity contribution in [1.82, 2.24) is 4.90 Å². The van der Waals surface area contributed by atoms with Gasteiger partial charge >= 0.3 is 5.97 Å². The fourth-order valence-electron chi connectivity index (χ4n) is 5.07. The number of hydrogen-bond acceptors (Lipinski definition) is 4. The van der Waals surface area contributed by atoms with Gasteiger partial charge in [-0.15, -0.1) is 12.4 Å². The average Bonchev–Trinajstić information content (AvgIpc) is 3.31. The quantitative estimate of drug-likeness (QED) is 0.580. The normalized spacial score (nSPS) is 18.7. The van der Waals surface area contributed by atoms with Crippen molar-refractivity contribution in [2.75, 3.05) is 26.2 Å². The van der Waals surface area contributed by atoms with E-state index in [9.17, 15) is 4.79 Å². The van der Waals surface area contributed by atoms with Crippen LogP contribution in [0.3, 0.4) is 0 Å². The van der Waals surface area contributed by atoms with E-state index in [0.29, 0.717) is 18.1 Å². The molecule has 2 aliphatic rings. The van der Waals surface area contributed by atoms with E-state index in [0.717, 1.165) is 63.7 Å². The van der Waals surface area contributed by atoms with E-state index in [1.165, 1.54) is 5.56 Å². The van der Waals surface area contributed by atoms with Crippen molar-refractivity contribution in [2.45, 2.75) is 49.9 Å². The van der Waals surface area contributed by atoms with E-state index in [1.54, 1.807) is 12.1 Å². The van der Waals surface area contributed by atoms with E-state index < -0.39 is 5.41 Å². The van der Waals surface area contributed by atoms with Crippen molar-refractivity contribution in [3.05, 3.63) is 71.3 Å². The van der Waals surface area contributed by atoms with E-state index in [-0.39, 0.29) is 18.4 Å². The fraction of sp³-hybridized carbons (Fsp3) is 0.462. The zero-order chi connectivity index (χ0) is 20.8. The lowest BCUT2D eigenvalue weighted by Crippen LogP contribution is -2.39. The Balaban J connectivity index is 0.00000272. The molecule has 0 N–H and O–H groups in total. The Morgan fingerprint density at radius 2 is 1.68 bits per heavy atom. The molecule has 0 atom stereocenters. The number of nitriles is 1. The van der Waals surface area contributed by atoms with Crippen molar-refractivity contribution in [3.63, 3.8) is 0 Å². The largest absolute Gasteiger partial charge is 0.464 e. The number of hydrogen-bond donors (Lipinski definition) is 0. The SMILES string of the molecule is Cl.N#Cc1ccc(C2(C(=O)OCCN3CCC(c4ccccc4)CC3)CCCC2)cc1. The number of carbonyl (C=O) groups is 1. The smallest absolute Gasteiger partial charge is 0.316 e. The van der Waals surface area contributed by atoms with E-state index >= 15 is 0 Å². The Hall–Kier alpha value is -2.35. The third kappa shape index (κ3) is 5.29. The molecule has 31 heavy (non-hydrogen) atoms. The number of likely N-dealkylation sites (tertiary alicyclic amines) is 1. The Kier molecular flexibility index (Phi) is 8.12. The molecule has 0 spiro atoms. The number of piperidine rings is 1. The zero-order valence-electron chi connectivity index (χ0n) is 18.0. The first-order chi connectivity index (χ1) is 14.7. The van der Waals surface area contributed by atoms with Gasteiger partial charge in [-0.05, 0) is 68.0 Å². The van der Waals surface area contributed by atoms with Crippen LogP contribution in [0.25, 0.3) is 0 Å². The lowest BCUT2D eigenvalue weighted by Gasteiger charge is -2.32. The molecule has 5 heteroatoms. The Labute approximate surface area is 191 Å². The first-order valence-corrected chi connectivity index (χ1v) is 11.2. The van der Waals surface area contributed by atoms with Gasteiger partial charge in [0.1, 0.15) is 6.61 Å². The highest BCUT2D eigenvalue weighted by Crippen LogP contribution is 2.42. The summed E-state index contributed by atoms with van der Waals surface area (Å²) < 4.78 is 5.81. The highest BCUT2D eigenvalue weighted by Gasteiger charge is 2.44. The molecule has 0 bridgehead atoms. The fourth-order valence-corrected chi connectivity index (χ4v) is 5.07. The molecule has 1 aliphatic carbocycles. The molecule has 1 saturated heterocycles. The minimum Gasteiger partial charge on any atom is -0.464 e. The number of ether oxygens (including phenoxy) is 1. The third-order valence-corrected chi connectivity index (χ3v) is 6.91. The lowest BCUT2D eigenvalue weighted by atomic mass is 9.78. The van der Waals surface area contributed by atoms with Crippen LogP contribution < -0.4 is 0 Å². The van der Waals surface area contributed by atoms with Crippen LogP contribution >= 0.6 is 12.4 Å². The molecular weight excluding hydrogens is 408 g/mol. The predicted octanol–water partition coefficient (Wildman–Crippen LogP) is 5.21. The van der Waals surface area contributed by atoms with Crippen LogP contribution in [0.2, 0.25) is 0 Å². The minimum atomic E-state index is -0.533. The molecule has 0 amide bonds. The van der Waals surface area contributed by atoms with Gasteiger partial charge in [-0.2, -0.15) is 5.26 Å². The van der Waals surface area contributed by atoms with Crippen molar-refractivity contribution in [2.24, 2.45) is 0 Å². The van der Waals surface area contributed by atoms with Gasteiger partial charge in [0.25, 0.3) is 0 Å². The molecule has 0 radical (unpaired) electrons. The first kappa shape index (κ1) is 23.3. The summed E-state index contributed by atoms with van der Waals surface area (Å²) in [6.07, 6.45) is 6.07. The number of nitrogens with zero attached hydrogens (tertiary/aromatic N) is 2. The van der Waals surface area contributed by atoms with Gasteiger partial charge in [0.15, 0.2) is 0 Å². The zero-order valence-corrected chi connectivity index (χ0v) is 18.8. The van der Waals surface area contributed by atoms with Crippen molar-refractivity contribution in [1.29, 1.82) is 5.26 Å². The number of halogens is 1. The van der Waals surface area contributed by atoms with Crippen LogP contribution in [0.15, 0.2) is 54.6 Å². The Morgan fingerprint density at radius 3 is 2.29 bits per heavy atom. The molecule has 164 valence electrons. The minimum absolute atomic E-state index is 0. The van der Waals surface area contributed by atoms with Crippen LogP contribution in [-0.4, -0.2) is 37.1 Å². The van der Waals surface area contributed by atoms with Crippen LogP contribution in [0.5, 0.6) is 0 Å². The average molecular weight is 439 g/mol. The lowest BCUT2D eigenvalue weighted by molar-refractivity contribution is -0.151. The van der Waals surface area contributed by atoms with E-state index in [2.05, 4.69) is 41.3 Å². The summed E-state index contributed by atoms with van der Waals surface area (Å²) in [6.45, 7) is 3.36. The molecule has 4 rings (SSSR count). The van der Waals surface area contributed by atoms with Gasteiger partial charge < -0.3 is 4.74 Å². The van der Waals surface area contributed by atoms with Crippen LogP contribution in [0, 0.1) is 11.3 Å². The van der Waals surface area contributed by atoms with Gasteiger partial charge in [0.2, 0.25) is 0 Å². The third-order valence-electron chi connectivity index (χ3n) is 6.91. The summed E-state index contributed by atoms with van der Waals surface area (Å²) >= 11 is 0. The maximum absolute atomic E-state index is 13.1. The van der Waals surface area contributed by atoms with Gasteiger partial charge in [0.05, 0.1) is 17.0 Å². The number of carbonyl (C=O) groups excluding carboxylic acids is 1. The maximum Gasteiger partial charge on any atom is 0.316 e. The molecule has 4 nitrogen and oxygen atoms in total. The number of rotatable bonds is 6. The first-order valence-electron chi connectivity index (χ1n) is 11.2. The van der Waals surface area contributed by atoms with Crippen molar-refractivity contribution < 1.29 is 9.53 Å². The molecule has 1 saturated carbocycles. The van der Waals surface area contributed by atoms with E-state index in [4.69, 9.17) is 10.00 Å². The molecule has 1 heterocycles. The molecular formula is C26H31ClN2O2. The summed E-state index contributed by atoms with van der Waals surface area (Å²) in [6, 6.07) is 20.4. The van der Waals surface area contributed by atoms with Gasteiger partial charge in [-0.1, -0.05) is 55.3 Å². The molecule has 2 aromatic rings. The second-order valence-corrected chi connectivity index (χ2v) is 8.64. The molecule has 1 aliphatic heterocycles. The number of esters is 1. The number of benzene rings is 2. The van der Waals surface area contributed by atoms with Crippen molar-refractivity contribution >= 4 is 18.4 Å². The summed E-state index contributed by atoms with van der Waals surface area (Å²) in [5, 5.41) is 9.04. The van der Waals surface area contributed by atoms with Gasteiger partial charge in [0, 0.05) is 6.54 Å². The predicted molar refractivity (Wildman–Crippen MR) is 124 cm³/mol. The van der Waals surface area contributed by atoms with Gasteiger partial charge in [-0.3, -0.25) is 9.69 Å². The standard InChI is InChI=1S/C26H30N2O2.ClH/c27-20-21-8-10-24(11-9-21)26(14-4-5-15-26)25(29)30-19-18-28-16-12-23(13-17-28)22-6-2-1-3-7-22;/h1-3,6-11,23H,4-5,12-19H2;1H.